The van der Waals surface area contributed by atoms with Crippen molar-refractivity contribution < 1.29 is 45.4 Å². The molecule has 33 heavy (non-hydrogen) atoms. The normalized spacial score (nSPS) is 13.7. The molecule has 0 spiro atoms. The minimum atomic E-state index is -4.96. The van der Waals surface area contributed by atoms with Crippen molar-refractivity contribution in [1.82, 2.24) is 5.32 Å². The summed E-state index contributed by atoms with van der Waals surface area (Å²) in [5, 5.41) is 1.40. The van der Waals surface area contributed by atoms with Gasteiger partial charge in [-0.3, -0.25) is 14.6 Å². The van der Waals surface area contributed by atoms with Crippen molar-refractivity contribution in [3.63, 3.8) is 0 Å². The average molecular weight is 493 g/mol. The molecule has 6 nitrogen and oxygen atoms in total. The Morgan fingerprint density at radius 1 is 1.12 bits per heavy atom. The third-order valence-corrected chi connectivity index (χ3v) is 4.33. The lowest BCUT2D eigenvalue weighted by Gasteiger charge is -2.18. The Hall–Kier alpha value is -3.54. The van der Waals surface area contributed by atoms with Crippen LogP contribution in [0.25, 0.3) is 0 Å². The smallest absolute Gasteiger partial charge is 0.417 e. The van der Waals surface area contributed by atoms with E-state index in [4.69, 9.17) is 16.3 Å². The second-order valence-electron chi connectivity index (χ2n) is 6.39. The molecule has 1 aliphatic heterocycles. The second-order valence-corrected chi connectivity index (χ2v) is 6.79. The molecule has 0 fully saturated rings. The molecule has 0 radical (unpaired) electrons. The number of hydrogen-bond acceptors (Lipinski definition) is 5. The zero-order valence-electron chi connectivity index (χ0n) is 16.1. The number of halogens is 7. The molecular weight excluding hydrogens is 482 g/mol. The van der Waals surface area contributed by atoms with Crippen LogP contribution in [0, 0.1) is 5.82 Å². The lowest BCUT2D eigenvalue weighted by molar-refractivity contribution is -0.137. The summed E-state index contributed by atoms with van der Waals surface area (Å²) in [6, 6.07) is 3.15. The zero-order valence-corrected chi connectivity index (χ0v) is 16.8. The van der Waals surface area contributed by atoms with E-state index >= 15 is 0 Å². The van der Waals surface area contributed by atoms with Crippen molar-refractivity contribution >= 4 is 29.5 Å². The number of benzene rings is 2. The highest BCUT2D eigenvalue weighted by atomic mass is 35.5. The van der Waals surface area contributed by atoms with Gasteiger partial charge in [0.2, 0.25) is 0 Å². The van der Waals surface area contributed by atoms with Gasteiger partial charge in [0.1, 0.15) is 18.1 Å². The van der Waals surface area contributed by atoms with Crippen LogP contribution < -0.4 is 14.8 Å². The summed E-state index contributed by atoms with van der Waals surface area (Å²) in [5.74, 6) is -4.66. The molecule has 2 aromatic carbocycles. The summed E-state index contributed by atoms with van der Waals surface area (Å²) in [7, 11) is 0. The Morgan fingerprint density at radius 3 is 2.48 bits per heavy atom. The van der Waals surface area contributed by atoms with Gasteiger partial charge >= 0.3 is 12.8 Å². The van der Waals surface area contributed by atoms with Gasteiger partial charge in [-0.15, -0.1) is 0 Å². The predicted molar refractivity (Wildman–Crippen MR) is 103 cm³/mol. The number of rotatable bonds is 6. The highest BCUT2D eigenvalue weighted by Gasteiger charge is 2.35. The summed E-state index contributed by atoms with van der Waals surface area (Å²) < 4.78 is 88.2. The standard InChI is InChI=1S/C20H11ClF6N2O4/c21-14-5-12(18(31)29-10-4-11(30)8-28-7-10)16(6-13(14)20(25,26)27)32-15-2-1-9(22)3-17(15)33-19(23)24/h1-7,19H,8H2,(H,29,31). The lowest BCUT2D eigenvalue weighted by Crippen LogP contribution is -2.27. The molecule has 13 heteroatoms. The van der Waals surface area contributed by atoms with Crippen LogP contribution >= 0.6 is 11.6 Å². The minimum Gasteiger partial charge on any atom is -0.453 e. The number of nitrogens with zero attached hydrogens (tertiary/aromatic N) is 1. The fraction of sp³-hybridized carbons (Fsp3) is 0.150. The fourth-order valence-corrected chi connectivity index (χ4v) is 2.93. The molecule has 0 saturated carbocycles. The van der Waals surface area contributed by atoms with Crippen molar-refractivity contribution in [1.29, 1.82) is 0 Å². The molecule has 2 aromatic rings. The van der Waals surface area contributed by atoms with Gasteiger partial charge in [0.15, 0.2) is 17.3 Å². The van der Waals surface area contributed by atoms with Crippen LogP contribution in [0.3, 0.4) is 0 Å². The average Bonchev–Trinajstić information content (AvgIpc) is 2.69. The summed E-state index contributed by atoms with van der Waals surface area (Å²) in [6.07, 6.45) is -2.76. The van der Waals surface area contributed by atoms with E-state index in [-0.39, 0.29) is 12.2 Å². The molecule has 0 unspecified atom stereocenters. The van der Waals surface area contributed by atoms with Gasteiger partial charge in [0.05, 0.1) is 21.8 Å². The number of carbonyl (C=O) groups excluding carboxylic acids is 2. The van der Waals surface area contributed by atoms with Crippen molar-refractivity contribution in [2.45, 2.75) is 12.8 Å². The first-order valence-electron chi connectivity index (χ1n) is 8.82. The van der Waals surface area contributed by atoms with Crippen LogP contribution in [0.2, 0.25) is 5.02 Å². The number of aliphatic imine (C=N–C) groups is 1. The molecule has 0 atom stereocenters. The van der Waals surface area contributed by atoms with Gasteiger partial charge in [-0.05, 0) is 24.3 Å². The summed E-state index contributed by atoms with van der Waals surface area (Å²) in [6.45, 7) is -3.54. The van der Waals surface area contributed by atoms with E-state index in [0.717, 1.165) is 24.4 Å². The van der Waals surface area contributed by atoms with Crippen molar-refractivity contribution in [2.75, 3.05) is 6.54 Å². The molecule has 0 aromatic heterocycles. The van der Waals surface area contributed by atoms with Crippen LogP contribution in [-0.2, 0) is 11.0 Å². The molecule has 174 valence electrons. The van der Waals surface area contributed by atoms with Gasteiger partial charge < -0.3 is 14.8 Å². The molecule has 3 rings (SSSR count). The Labute approximate surface area is 186 Å². The van der Waals surface area contributed by atoms with Crippen molar-refractivity contribution in [2.24, 2.45) is 4.99 Å². The van der Waals surface area contributed by atoms with E-state index in [9.17, 15) is 35.9 Å². The first kappa shape index (κ1) is 24.1. The Kier molecular flexibility index (Phi) is 6.96. The van der Waals surface area contributed by atoms with Crippen LogP contribution in [0.5, 0.6) is 17.2 Å². The van der Waals surface area contributed by atoms with E-state index in [0.29, 0.717) is 18.2 Å². The maximum atomic E-state index is 13.5. The van der Waals surface area contributed by atoms with Crippen LogP contribution in [-0.4, -0.2) is 31.1 Å². The Balaban J connectivity index is 2.06. The van der Waals surface area contributed by atoms with E-state index in [1.54, 1.807) is 0 Å². The number of dihydropyridines is 1. The first-order valence-corrected chi connectivity index (χ1v) is 9.20. The summed E-state index contributed by atoms with van der Waals surface area (Å²) in [5.41, 5.74) is -1.99. The summed E-state index contributed by atoms with van der Waals surface area (Å²) in [4.78, 5) is 27.8. The summed E-state index contributed by atoms with van der Waals surface area (Å²) >= 11 is 5.70. The highest BCUT2D eigenvalue weighted by molar-refractivity contribution is 6.32. The Morgan fingerprint density at radius 2 is 1.85 bits per heavy atom. The third kappa shape index (κ3) is 6.04. The molecule has 1 aliphatic rings. The number of allylic oxidation sites excluding steroid dienone is 1. The highest BCUT2D eigenvalue weighted by Crippen LogP contribution is 2.41. The Bertz CT molecular complexity index is 1160. The van der Waals surface area contributed by atoms with E-state index in [1.807, 2.05) is 0 Å². The topological polar surface area (TPSA) is 77.0 Å². The molecule has 0 saturated heterocycles. The lowest BCUT2D eigenvalue weighted by atomic mass is 10.1. The van der Waals surface area contributed by atoms with Crippen LogP contribution in [0.4, 0.5) is 26.3 Å². The molecule has 0 bridgehead atoms. The molecule has 1 heterocycles. The van der Waals surface area contributed by atoms with Gasteiger partial charge in [-0.25, -0.2) is 4.39 Å². The number of ether oxygens (including phenoxy) is 2. The van der Waals surface area contributed by atoms with E-state index in [1.165, 1.54) is 0 Å². The maximum Gasteiger partial charge on any atom is 0.417 e. The molecular formula is C20H11ClF6N2O4. The molecule has 1 amide bonds. The quantitative estimate of drug-likeness (QED) is 0.565. The van der Waals surface area contributed by atoms with Gasteiger partial charge in [0, 0.05) is 18.4 Å². The number of ketones is 1. The van der Waals surface area contributed by atoms with Gasteiger partial charge in [-0.1, -0.05) is 11.6 Å². The third-order valence-electron chi connectivity index (χ3n) is 4.01. The number of amides is 1. The second kappa shape index (κ2) is 9.53. The van der Waals surface area contributed by atoms with Crippen LogP contribution in [0.1, 0.15) is 15.9 Å². The molecule has 0 aliphatic carbocycles. The predicted octanol–water partition coefficient (Wildman–Crippen LogP) is 5.16. The largest absolute Gasteiger partial charge is 0.453 e. The number of alkyl halides is 5. The first-order chi connectivity index (χ1) is 15.4. The number of nitrogens with one attached hydrogen (secondary N) is 1. The van der Waals surface area contributed by atoms with Crippen molar-refractivity contribution in [3.05, 3.63) is 64.1 Å². The maximum absolute atomic E-state index is 13.5. The zero-order chi connectivity index (χ0) is 24.3. The van der Waals surface area contributed by atoms with E-state index in [2.05, 4.69) is 15.0 Å². The van der Waals surface area contributed by atoms with E-state index < -0.39 is 63.7 Å². The van der Waals surface area contributed by atoms with Gasteiger partial charge in [0.25, 0.3) is 5.91 Å². The number of carbonyl (C=O) groups is 2. The fourth-order valence-electron chi connectivity index (χ4n) is 2.66. The number of hydrogen-bond donors (Lipinski definition) is 1. The van der Waals surface area contributed by atoms with Crippen molar-refractivity contribution in [3.8, 4) is 17.2 Å². The minimum absolute atomic E-state index is 0.0540. The monoisotopic (exact) mass is 492 g/mol. The SMILES string of the molecule is O=C1C=C(NC(=O)c2cc(Cl)c(C(F)(F)F)cc2Oc2ccc(F)cc2OC(F)F)C=NC1. The van der Waals surface area contributed by atoms with Gasteiger partial charge in [-0.2, -0.15) is 22.0 Å². The molecule has 1 N–H and O–H groups in total. The van der Waals surface area contributed by atoms with Crippen LogP contribution in [0.15, 0.2) is 47.1 Å².